The number of nitrogens with one attached hydrogen (secondary N) is 1. The Labute approximate surface area is 111 Å². The van der Waals surface area contributed by atoms with E-state index in [1.807, 2.05) is 12.1 Å². The lowest BCUT2D eigenvalue weighted by molar-refractivity contribution is 0.235. The molecule has 2 rings (SSSR count). The summed E-state index contributed by atoms with van der Waals surface area (Å²) >= 11 is 3.26. The number of halogens is 2. The number of hydrogen-bond acceptors (Lipinski definition) is 1. The van der Waals surface area contributed by atoms with Crippen molar-refractivity contribution in [2.75, 3.05) is 6.54 Å². The van der Waals surface area contributed by atoms with E-state index in [0.29, 0.717) is 22.4 Å². The predicted octanol–water partition coefficient (Wildman–Crippen LogP) is 4.08. The van der Waals surface area contributed by atoms with Gasteiger partial charge in [0.1, 0.15) is 5.82 Å². The third-order valence-electron chi connectivity index (χ3n) is 3.59. The van der Waals surface area contributed by atoms with Crippen molar-refractivity contribution in [3.8, 4) is 0 Å². The average Bonchev–Trinajstić information content (AvgIpc) is 2.23. The number of benzene rings is 1. The molecule has 17 heavy (non-hydrogen) atoms. The topological polar surface area (TPSA) is 12.0 Å². The van der Waals surface area contributed by atoms with E-state index in [0.717, 1.165) is 18.5 Å². The van der Waals surface area contributed by atoms with Crippen LogP contribution in [0.5, 0.6) is 0 Å². The summed E-state index contributed by atoms with van der Waals surface area (Å²) in [5, 5.41) is 3.45. The van der Waals surface area contributed by atoms with E-state index >= 15 is 0 Å². The number of rotatable bonds is 4. The highest BCUT2D eigenvalue weighted by Crippen LogP contribution is 2.43. The van der Waals surface area contributed by atoms with Crippen LogP contribution in [0.1, 0.15) is 38.2 Å². The van der Waals surface area contributed by atoms with Crippen molar-refractivity contribution >= 4 is 15.9 Å². The van der Waals surface area contributed by atoms with Crippen LogP contribution in [-0.4, -0.2) is 12.6 Å². The lowest BCUT2D eigenvalue weighted by Gasteiger charge is -2.38. The Balaban J connectivity index is 2.05. The fraction of sp³-hybridized carbons (Fsp3) is 0.571. The summed E-state index contributed by atoms with van der Waals surface area (Å²) in [5.74, 6) is 0.895. The van der Waals surface area contributed by atoms with Gasteiger partial charge in [-0.25, -0.2) is 4.39 Å². The molecule has 94 valence electrons. The van der Waals surface area contributed by atoms with E-state index < -0.39 is 0 Å². The molecule has 0 spiro atoms. The van der Waals surface area contributed by atoms with Crippen molar-refractivity contribution < 1.29 is 4.39 Å². The first-order valence-corrected chi connectivity index (χ1v) is 7.06. The zero-order chi connectivity index (χ0) is 12.4. The second kappa shape index (κ2) is 5.49. The fourth-order valence-electron chi connectivity index (χ4n) is 2.42. The molecule has 1 N–H and O–H groups in total. The molecular weight excluding hydrogens is 281 g/mol. The molecule has 0 aromatic heterocycles. The summed E-state index contributed by atoms with van der Waals surface area (Å²) in [7, 11) is 0. The molecule has 0 heterocycles. The van der Waals surface area contributed by atoms with Gasteiger partial charge in [-0.3, -0.25) is 0 Å². The molecule has 1 aromatic rings. The molecule has 0 amide bonds. The van der Waals surface area contributed by atoms with Crippen LogP contribution in [0.3, 0.4) is 0 Å². The molecular formula is C14H19BrFN. The van der Waals surface area contributed by atoms with Crippen LogP contribution in [0.15, 0.2) is 22.7 Å². The van der Waals surface area contributed by atoms with Gasteiger partial charge in [0.25, 0.3) is 0 Å². The Bertz CT molecular complexity index is 392. The molecule has 1 saturated carbocycles. The third kappa shape index (κ3) is 2.89. The number of hydrogen-bond donors (Lipinski definition) is 1. The molecule has 1 aromatic carbocycles. The van der Waals surface area contributed by atoms with E-state index in [4.69, 9.17) is 0 Å². The van der Waals surface area contributed by atoms with Gasteiger partial charge >= 0.3 is 0 Å². The largest absolute Gasteiger partial charge is 0.314 e. The lowest BCUT2D eigenvalue weighted by Crippen LogP contribution is -2.37. The van der Waals surface area contributed by atoms with Crippen LogP contribution in [0.4, 0.5) is 4.39 Å². The second-order valence-corrected chi connectivity index (χ2v) is 6.00. The van der Waals surface area contributed by atoms with Crippen LogP contribution in [0.25, 0.3) is 0 Å². The Morgan fingerprint density at radius 3 is 2.76 bits per heavy atom. The maximum atomic E-state index is 14.0. The summed E-state index contributed by atoms with van der Waals surface area (Å²) < 4.78 is 14.6. The molecule has 1 fully saturated rings. The van der Waals surface area contributed by atoms with Crippen LogP contribution < -0.4 is 5.32 Å². The van der Waals surface area contributed by atoms with E-state index in [2.05, 4.69) is 35.1 Å². The fourth-order valence-corrected chi connectivity index (χ4v) is 2.80. The normalized spacial score (nSPS) is 23.8. The highest BCUT2D eigenvalue weighted by atomic mass is 79.9. The van der Waals surface area contributed by atoms with Gasteiger partial charge < -0.3 is 5.32 Å². The zero-order valence-corrected chi connectivity index (χ0v) is 11.9. The smallest absolute Gasteiger partial charge is 0.140 e. The quantitative estimate of drug-likeness (QED) is 0.883. The van der Waals surface area contributed by atoms with Gasteiger partial charge in [0, 0.05) is 6.04 Å². The Morgan fingerprint density at radius 1 is 1.41 bits per heavy atom. The van der Waals surface area contributed by atoms with Gasteiger partial charge in [0.15, 0.2) is 0 Å². The maximum absolute atomic E-state index is 14.0. The lowest BCUT2D eigenvalue weighted by atomic mass is 9.70. The molecule has 0 radical (unpaired) electrons. The van der Waals surface area contributed by atoms with Crippen molar-refractivity contribution in [2.24, 2.45) is 5.92 Å². The summed E-state index contributed by atoms with van der Waals surface area (Å²) in [6.45, 7) is 5.29. The molecule has 2 atom stereocenters. The first-order chi connectivity index (χ1) is 8.09. The summed E-state index contributed by atoms with van der Waals surface area (Å²) in [5.41, 5.74) is 0.876. The SMILES string of the molecule is CC(C)NCC1CCC1c1cccc(Br)c1F. The minimum absolute atomic E-state index is 0.0771. The van der Waals surface area contributed by atoms with Gasteiger partial charge in [-0.05, 0) is 58.8 Å². The molecule has 3 heteroatoms. The molecule has 0 aliphatic heterocycles. The average molecular weight is 300 g/mol. The summed E-state index contributed by atoms with van der Waals surface area (Å²) in [6.07, 6.45) is 2.31. The van der Waals surface area contributed by atoms with E-state index in [1.54, 1.807) is 6.07 Å². The van der Waals surface area contributed by atoms with E-state index in [9.17, 15) is 4.39 Å². The first-order valence-electron chi connectivity index (χ1n) is 6.27. The molecule has 0 bridgehead atoms. The van der Waals surface area contributed by atoms with Crippen LogP contribution in [0, 0.1) is 11.7 Å². The van der Waals surface area contributed by atoms with Crippen LogP contribution >= 0.6 is 15.9 Å². The van der Waals surface area contributed by atoms with Crippen LogP contribution in [-0.2, 0) is 0 Å². The summed E-state index contributed by atoms with van der Waals surface area (Å²) in [6, 6.07) is 6.11. The second-order valence-electron chi connectivity index (χ2n) is 5.15. The Kier molecular flexibility index (Phi) is 4.21. The van der Waals surface area contributed by atoms with Crippen LogP contribution in [0.2, 0.25) is 0 Å². The van der Waals surface area contributed by atoms with Crippen molar-refractivity contribution in [3.05, 3.63) is 34.1 Å². The van der Waals surface area contributed by atoms with Crippen molar-refractivity contribution in [2.45, 2.75) is 38.6 Å². The van der Waals surface area contributed by atoms with Gasteiger partial charge in [0.2, 0.25) is 0 Å². The predicted molar refractivity (Wildman–Crippen MR) is 72.7 cm³/mol. The van der Waals surface area contributed by atoms with Crippen molar-refractivity contribution in [3.63, 3.8) is 0 Å². The molecule has 1 aliphatic rings. The third-order valence-corrected chi connectivity index (χ3v) is 4.20. The standard InChI is InChI=1S/C14H19BrFN/c1-9(2)17-8-10-6-7-11(10)12-4-3-5-13(15)14(12)16/h3-5,9-11,17H,6-8H2,1-2H3. The van der Waals surface area contributed by atoms with Crippen molar-refractivity contribution in [1.82, 2.24) is 5.32 Å². The minimum Gasteiger partial charge on any atom is -0.314 e. The van der Waals surface area contributed by atoms with E-state index in [-0.39, 0.29) is 5.82 Å². The molecule has 0 saturated heterocycles. The molecule has 2 unspecified atom stereocenters. The molecule has 1 nitrogen and oxygen atoms in total. The Morgan fingerprint density at radius 2 is 2.18 bits per heavy atom. The summed E-state index contributed by atoms with van der Waals surface area (Å²) in [4.78, 5) is 0. The van der Waals surface area contributed by atoms with Crippen molar-refractivity contribution in [1.29, 1.82) is 0 Å². The van der Waals surface area contributed by atoms with Gasteiger partial charge in [-0.2, -0.15) is 0 Å². The monoisotopic (exact) mass is 299 g/mol. The van der Waals surface area contributed by atoms with E-state index in [1.165, 1.54) is 6.42 Å². The minimum atomic E-state index is -0.0771. The van der Waals surface area contributed by atoms with Gasteiger partial charge in [-0.15, -0.1) is 0 Å². The maximum Gasteiger partial charge on any atom is 0.140 e. The highest BCUT2D eigenvalue weighted by Gasteiger charge is 2.33. The first kappa shape index (κ1) is 13.0. The van der Waals surface area contributed by atoms with Gasteiger partial charge in [-0.1, -0.05) is 26.0 Å². The Hall–Kier alpha value is -0.410. The highest BCUT2D eigenvalue weighted by molar-refractivity contribution is 9.10. The zero-order valence-electron chi connectivity index (χ0n) is 10.3. The molecule has 1 aliphatic carbocycles. The van der Waals surface area contributed by atoms with Gasteiger partial charge in [0.05, 0.1) is 4.47 Å².